The number of guanidine groups is 1. The number of ether oxygens (including phenoxy) is 1. The first-order chi connectivity index (χ1) is 11.4. The van der Waals surface area contributed by atoms with Crippen LogP contribution >= 0.6 is 0 Å². The molecule has 0 radical (unpaired) electrons. The maximum Gasteiger partial charge on any atom is 0.193 e. The van der Waals surface area contributed by atoms with Crippen LogP contribution in [0.5, 0.6) is 0 Å². The van der Waals surface area contributed by atoms with Crippen molar-refractivity contribution in [2.24, 2.45) is 4.99 Å². The third-order valence-corrected chi connectivity index (χ3v) is 4.90. The number of hydrogen-bond donors (Lipinski definition) is 1. The second-order valence-corrected chi connectivity index (χ2v) is 6.55. The van der Waals surface area contributed by atoms with Gasteiger partial charge in [0.2, 0.25) is 0 Å². The zero-order valence-corrected chi connectivity index (χ0v) is 14.3. The molecule has 4 heteroatoms. The van der Waals surface area contributed by atoms with Gasteiger partial charge >= 0.3 is 0 Å². The van der Waals surface area contributed by atoms with Crippen molar-refractivity contribution in [3.05, 3.63) is 35.4 Å². The van der Waals surface area contributed by atoms with E-state index in [4.69, 9.17) is 4.74 Å². The molecule has 0 aromatic heterocycles. The largest absolute Gasteiger partial charge is 0.378 e. The Labute approximate surface area is 139 Å². The molecule has 4 nitrogen and oxygen atoms in total. The highest BCUT2D eigenvalue weighted by atomic mass is 16.5. The lowest BCUT2D eigenvalue weighted by Gasteiger charge is -2.31. The fourth-order valence-corrected chi connectivity index (χ4v) is 3.59. The van der Waals surface area contributed by atoms with E-state index in [1.54, 1.807) is 0 Å². The van der Waals surface area contributed by atoms with Crippen LogP contribution in [-0.4, -0.2) is 43.7 Å². The van der Waals surface area contributed by atoms with Crippen molar-refractivity contribution >= 4 is 5.96 Å². The van der Waals surface area contributed by atoms with Crippen LogP contribution in [0.1, 0.15) is 43.2 Å². The molecule has 1 N–H and O–H groups in total. The number of hydrogen-bond acceptors (Lipinski definition) is 2. The summed E-state index contributed by atoms with van der Waals surface area (Å²) in [5.74, 6) is 1.01. The number of rotatable bonds is 5. The predicted molar refractivity (Wildman–Crippen MR) is 94.7 cm³/mol. The molecule has 126 valence electrons. The predicted octanol–water partition coefficient (Wildman–Crippen LogP) is 2.97. The summed E-state index contributed by atoms with van der Waals surface area (Å²) in [6.45, 7) is 3.78. The van der Waals surface area contributed by atoms with Crippen molar-refractivity contribution < 1.29 is 4.74 Å². The Balaban J connectivity index is 1.40. The fraction of sp³-hybridized carbons (Fsp3) is 0.632. The van der Waals surface area contributed by atoms with Crippen LogP contribution in [0.4, 0.5) is 0 Å². The molecular formula is C19H29N3O. The first-order valence-electron chi connectivity index (χ1n) is 9.01. The van der Waals surface area contributed by atoms with E-state index in [1.165, 1.54) is 36.8 Å². The number of nitrogens with zero attached hydrogens (tertiary/aromatic N) is 2. The third-order valence-electron chi connectivity index (χ3n) is 4.90. The minimum absolute atomic E-state index is 0.521. The average Bonchev–Trinajstić information content (AvgIpc) is 3.11. The van der Waals surface area contributed by atoms with Gasteiger partial charge in [-0.05, 0) is 36.8 Å². The maximum absolute atomic E-state index is 5.92. The molecule has 1 heterocycles. The molecule has 23 heavy (non-hydrogen) atoms. The Morgan fingerprint density at radius 3 is 2.83 bits per heavy atom. The van der Waals surface area contributed by atoms with Gasteiger partial charge in [-0.1, -0.05) is 37.1 Å². The highest BCUT2D eigenvalue weighted by molar-refractivity contribution is 5.80. The molecule has 1 saturated carbocycles. The zero-order chi connectivity index (χ0) is 15.9. The zero-order valence-electron chi connectivity index (χ0n) is 14.3. The van der Waals surface area contributed by atoms with Crippen LogP contribution in [0.2, 0.25) is 0 Å². The van der Waals surface area contributed by atoms with Gasteiger partial charge in [0.1, 0.15) is 0 Å². The molecular weight excluding hydrogens is 286 g/mol. The van der Waals surface area contributed by atoms with Crippen molar-refractivity contribution in [1.29, 1.82) is 0 Å². The van der Waals surface area contributed by atoms with Crippen LogP contribution in [-0.2, 0) is 17.7 Å². The summed E-state index contributed by atoms with van der Waals surface area (Å²) in [5, 5.41) is 3.49. The van der Waals surface area contributed by atoms with Gasteiger partial charge in [0.15, 0.2) is 5.96 Å². The van der Waals surface area contributed by atoms with Gasteiger partial charge in [0.05, 0.1) is 6.10 Å². The normalized spacial score (nSPS) is 19.0. The summed E-state index contributed by atoms with van der Waals surface area (Å²) in [6, 6.07) is 8.72. The minimum atomic E-state index is 0.521. The van der Waals surface area contributed by atoms with Crippen LogP contribution in [0.15, 0.2) is 29.3 Å². The van der Waals surface area contributed by atoms with E-state index in [1.807, 2.05) is 7.05 Å². The van der Waals surface area contributed by atoms with Crippen molar-refractivity contribution in [3.63, 3.8) is 0 Å². The maximum atomic E-state index is 5.92. The Morgan fingerprint density at radius 1 is 1.26 bits per heavy atom. The number of aliphatic imine (C=N–C) groups is 1. The minimum Gasteiger partial charge on any atom is -0.378 e. The molecule has 0 atom stereocenters. The standard InChI is InChI=1S/C19H29N3O/c1-20-19(21-12-6-14-23-18-9-4-5-10-18)22-13-11-16-7-2-3-8-17(16)15-22/h2-3,7-8,18H,4-6,9-15H2,1H3,(H,20,21). The molecule has 1 fully saturated rings. The smallest absolute Gasteiger partial charge is 0.193 e. The summed E-state index contributed by atoms with van der Waals surface area (Å²) >= 11 is 0. The average molecular weight is 315 g/mol. The lowest BCUT2D eigenvalue weighted by molar-refractivity contribution is 0.0573. The van der Waals surface area contributed by atoms with Crippen LogP contribution in [0.3, 0.4) is 0 Å². The highest BCUT2D eigenvalue weighted by Gasteiger charge is 2.18. The van der Waals surface area contributed by atoms with Gasteiger partial charge in [-0.25, -0.2) is 0 Å². The molecule has 0 amide bonds. The Bertz CT molecular complexity index is 523. The van der Waals surface area contributed by atoms with Gasteiger partial charge < -0.3 is 15.0 Å². The third kappa shape index (κ3) is 4.47. The van der Waals surface area contributed by atoms with Gasteiger partial charge in [-0.3, -0.25) is 4.99 Å². The van der Waals surface area contributed by atoms with Gasteiger partial charge in [-0.15, -0.1) is 0 Å². The Hall–Kier alpha value is -1.55. The fourth-order valence-electron chi connectivity index (χ4n) is 3.59. The molecule has 0 unspecified atom stereocenters. The molecule has 1 aliphatic carbocycles. The second-order valence-electron chi connectivity index (χ2n) is 6.55. The van der Waals surface area contributed by atoms with E-state index in [2.05, 4.69) is 39.5 Å². The van der Waals surface area contributed by atoms with Gasteiger partial charge in [0.25, 0.3) is 0 Å². The second kappa shape index (κ2) is 8.34. The topological polar surface area (TPSA) is 36.9 Å². The number of nitrogens with one attached hydrogen (secondary N) is 1. The van der Waals surface area contributed by atoms with E-state index in [0.29, 0.717) is 6.10 Å². The summed E-state index contributed by atoms with van der Waals surface area (Å²) < 4.78 is 5.92. The van der Waals surface area contributed by atoms with Crippen molar-refractivity contribution in [2.45, 2.75) is 51.2 Å². The van der Waals surface area contributed by atoms with Gasteiger partial charge in [0, 0.05) is 33.3 Å². The summed E-state index contributed by atoms with van der Waals surface area (Å²) in [6.07, 6.45) is 7.84. The SMILES string of the molecule is CN=C(NCCCOC1CCCC1)N1CCc2ccccc2C1. The van der Waals surface area contributed by atoms with E-state index in [9.17, 15) is 0 Å². The lowest BCUT2D eigenvalue weighted by atomic mass is 10.0. The van der Waals surface area contributed by atoms with E-state index in [-0.39, 0.29) is 0 Å². The molecule has 3 rings (SSSR count). The Morgan fingerprint density at radius 2 is 2.04 bits per heavy atom. The number of fused-ring (bicyclic) bond motifs is 1. The van der Waals surface area contributed by atoms with E-state index in [0.717, 1.165) is 45.0 Å². The van der Waals surface area contributed by atoms with Crippen LogP contribution in [0, 0.1) is 0 Å². The monoisotopic (exact) mass is 315 g/mol. The molecule has 0 spiro atoms. The molecule has 2 aliphatic rings. The summed E-state index contributed by atoms with van der Waals surface area (Å²) in [4.78, 5) is 6.80. The van der Waals surface area contributed by atoms with Crippen molar-refractivity contribution in [1.82, 2.24) is 10.2 Å². The Kier molecular flexibility index (Phi) is 5.92. The first-order valence-corrected chi connectivity index (χ1v) is 9.01. The van der Waals surface area contributed by atoms with E-state index >= 15 is 0 Å². The van der Waals surface area contributed by atoms with Crippen LogP contribution < -0.4 is 5.32 Å². The number of benzene rings is 1. The van der Waals surface area contributed by atoms with Gasteiger partial charge in [-0.2, -0.15) is 0 Å². The molecule has 1 aliphatic heterocycles. The summed E-state index contributed by atoms with van der Waals surface area (Å²) in [7, 11) is 1.87. The van der Waals surface area contributed by atoms with Crippen LogP contribution in [0.25, 0.3) is 0 Å². The summed E-state index contributed by atoms with van der Waals surface area (Å²) in [5.41, 5.74) is 2.90. The lowest BCUT2D eigenvalue weighted by Crippen LogP contribution is -2.44. The molecule has 1 aromatic carbocycles. The highest BCUT2D eigenvalue weighted by Crippen LogP contribution is 2.21. The molecule has 0 bridgehead atoms. The quantitative estimate of drug-likeness (QED) is 0.516. The van der Waals surface area contributed by atoms with E-state index < -0.39 is 0 Å². The van der Waals surface area contributed by atoms with Crippen molar-refractivity contribution in [2.75, 3.05) is 26.7 Å². The molecule has 0 saturated heterocycles. The first kappa shape index (κ1) is 16.3. The molecule has 1 aromatic rings. The van der Waals surface area contributed by atoms with Crippen molar-refractivity contribution in [3.8, 4) is 0 Å².